The Labute approximate surface area is 137 Å². The van der Waals surface area contributed by atoms with Crippen molar-refractivity contribution in [2.24, 2.45) is 0 Å². The first-order valence-electron chi connectivity index (χ1n) is 6.41. The summed E-state index contributed by atoms with van der Waals surface area (Å²) in [5, 5.41) is 0.342. The summed E-state index contributed by atoms with van der Waals surface area (Å²) in [5.41, 5.74) is 1.71. The fraction of sp³-hybridized carbons (Fsp3) is 0.250. The summed E-state index contributed by atoms with van der Waals surface area (Å²) in [6.07, 6.45) is 0. The molecule has 0 saturated heterocycles. The van der Waals surface area contributed by atoms with Crippen molar-refractivity contribution in [3.63, 3.8) is 0 Å². The van der Waals surface area contributed by atoms with Gasteiger partial charge in [0.2, 0.25) is 0 Å². The molecule has 21 heavy (non-hydrogen) atoms. The number of rotatable bonds is 3. The van der Waals surface area contributed by atoms with Crippen molar-refractivity contribution >= 4 is 34.8 Å². The lowest BCUT2D eigenvalue weighted by Crippen LogP contribution is -1.91. The fourth-order valence-corrected chi connectivity index (χ4v) is 3.83. The van der Waals surface area contributed by atoms with Gasteiger partial charge in [0, 0.05) is 16.9 Å². The molecule has 1 aliphatic rings. The number of methoxy groups -OCH3 is 1. The third kappa shape index (κ3) is 2.73. The summed E-state index contributed by atoms with van der Waals surface area (Å²) in [6.45, 7) is 0. The monoisotopic (exact) mass is 344 g/mol. The van der Waals surface area contributed by atoms with Crippen molar-refractivity contribution in [2.75, 3.05) is 7.11 Å². The molecule has 0 amide bonds. The number of benzene rings is 2. The van der Waals surface area contributed by atoms with Crippen molar-refractivity contribution in [1.82, 2.24) is 0 Å². The van der Waals surface area contributed by atoms with Crippen LogP contribution in [0.4, 0.5) is 4.39 Å². The minimum atomic E-state index is -0.953. The van der Waals surface area contributed by atoms with Gasteiger partial charge in [-0.05, 0) is 41.5 Å². The quantitative estimate of drug-likeness (QED) is 0.663. The van der Waals surface area contributed by atoms with Crippen molar-refractivity contribution in [2.45, 2.75) is 16.2 Å². The number of hydrogen-bond donors (Lipinski definition) is 0. The minimum absolute atomic E-state index is 0.0930. The highest BCUT2D eigenvalue weighted by Crippen LogP contribution is 2.70. The van der Waals surface area contributed by atoms with E-state index in [0.29, 0.717) is 10.6 Å². The molecular weight excluding hydrogens is 334 g/mol. The van der Waals surface area contributed by atoms with Gasteiger partial charge < -0.3 is 4.74 Å². The van der Waals surface area contributed by atoms with Crippen LogP contribution in [0.15, 0.2) is 42.5 Å². The molecule has 2 aromatic rings. The van der Waals surface area contributed by atoms with E-state index in [2.05, 4.69) is 0 Å². The molecule has 0 N–H and O–H groups in total. The first-order valence-corrected chi connectivity index (χ1v) is 7.54. The topological polar surface area (TPSA) is 9.23 Å². The fourth-order valence-electron chi connectivity index (χ4n) is 2.72. The first kappa shape index (κ1) is 15.0. The Morgan fingerprint density at radius 3 is 2.19 bits per heavy atom. The predicted molar refractivity (Wildman–Crippen MR) is 84.3 cm³/mol. The summed E-state index contributed by atoms with van der Waals surface area (Å²) < 4.78 is 17.7. The summed E-state index contributed by atoms with van der Waals surface area (Å²) in [6, 6.07) is 12.0. The molecular formula is C16H12Cl3FO. The molecule has 0 radical (unpaired) electrons. The van der Waals surface area contributed by atoms with Gasteiger partial charge in [0.1, 0.15) is 15.9 Å². The second kappa shape index (κ2) is 5.35. The number of hydrogen-bond acceptors (Lipinski definition) is 1. The SMILES string of the molecule is COc1ccc([C@@H]2[C@@H](c3cc(F)cc(Cl)c3)C2(Cl)Cl)cc1. The normalized spacial score (nSPS) is 22.9. The number of halogens is 4. The molecule has 0 unspecified atom stereocenters. The minimum Gasteiger partial charge on any atom is -0.497 e. The third-order valence-electron chi connectivity index (χ3n) is 3.77. The van der Waals surface area contributed by atoms with Gasteiger partial charge in [0.15, 0.2) is 0 Å². The van der Waals surface area contributed by atoms with E-state index < -0.39 is 4.33 Å². The van der Waals surface area contributed by atoms with Crippen LogP contribution in [0.3, 0.4) is 0 Å². The summed E-state index contributed by atoms with van der Waals surface area (Å²) in [4.78, 5) is 0. The lowest BCUT2D eigenvalue weighted by atomic mass is 10.0. The molecule has 1 saturated carbocycles. The summed E-state index contributed by atoms with van der Waals surface area (Å²) in [7, 11) is 1.61. The van der Waals surface area contributed by atoms with Crippen LogP contribution in [0.1, 0.15) is 23.0 Å². The van der Waals surface area contributed by atoms with E-state index in [0.717, 1.165) is 11.3 Å². The molecule has 5 heteroatoms. The van der Waals surface area contributed by atoms with Crippen molar-refractivity contribution < 1.29 is 9.13 Å². The molecule has 3 rings (SSSR count). The Morgan fingerprint density at radius 1 is 1.00 bits per heavy atom. The maximum Gasteiger partial charge on any atom is 0.133 e. The molecule has 0 heterocycles. The van der Waals surface area contributed by atoms with E-state index in [9.17, 15) is 4.39 Å². The van der Waals surface area contributed by atoms with E-state index in [1.54, 1.807) is 13.2 Å². The van der Waals surface area contributed by atoms with Gasteiger partial charge in [-0.15, -0.1) is 23.2 Å². The van der Waals surface area contributed by atoms with Crippen LogP contribution in [0.5, 0.6) is 5.75 Å². The zero-order valence-electron chi connectivity index (χ0n) is 11.1. The Balaban J connectivity index is 1.93. The standard InChI is InChI=1S/C16H12Cl3FO/c1-21-13-4-2-9(3-5-13)14-15(16(14,18)19)10-6-11(17)8-12(20)7-10/h2-8,14-15H,1H3/t14-,15-/m1/s1. The lowest BCUT2D eigenvalue weighted by molar-refractivity contribution is 0.414. The Hall–Kier alpha value is -0.960. The highest BCUT2D eigenvalue weighted by molar-refractivity contribution is 6.52. The van der Waals surface area contributed by atoms with Gasteiger partial charge in [0.25, 0.3) is 0 Å². The predicted octanol–water partition coefficient (Wildman–Crippen LogP) is 5.54. The van der Waals surface area contributed by atoms with E-state index in [-0.39, 0.29) is 17.7 Å². The van der Waals surface area contributed by atoms with Crippen LogP contribution in [0.25, 0.3) is 0 Å². The second-order valence-electron chi connectivity index (χ2n) is 5.11. The first-order chi connectivity index (χ1) is 9.93. The largest absolute Gasteiger partial charge is 0.497 e. The lowest BCUT2D eigenvalue weighted by Gasteiger charge is -2.03. The van der Waals surface area contributed by atoms with E-state index in [1.165, 1.54) is 12.1 Å². The van der Waals surface area contributed by atoms with E-state index in [4.69, 9.17) is 39.5 Å². The molecule has 0 spiro atoms. The molecule has 0 aromatic heterocycles. The molecule has 2 atom stereocenters. The maximum absolute atomic E-state index is 13.5. The van der Waals surface area contributed by atoms with Gasteiger partial charge in [-0.1, -0.05) is 23.7 Å². The molecule has 1 aliphatic carbocycles. The molecule has 1 fully saturated rings. The van der Waals surface area contributed by atoms with Crippen LogP contribution in [-0.2, 0) is 0 Å². The van der Waals surface area contributed by atoms with Crippen LogP contribution < -0.4 is 4.74 Å². The highest BCUT2D eigenvalue weighted by atomic mass is 35.5. The molecule has 0 bridgehead atoms. The Bertz CT molecular complexity index is 649. The molecule has 0 aliphatic heterocycles. The average molecular weight is 346 g/mol. The zero-order valence-corrected chi connectivity index (χ0v) is 13.4. The summed E-state index contributed by atoms with van der Waals surface area (Å²) >= 11 is 18.7. The number of alkyl halides is 2. The average Bonchev–Trinajstić information content (AvgIpc) is 3.00. The second-order valence-corrected chi connectivity index (χ2v) is 6.99. The van der Waals surface area contributed by atoms with Crippen LogP contribution in [0.2, 0.25) is 5.02 Å². The van der Waals surface area contributed by atoms with E-state index in [1.807, 2.05) is 24.3 Å². The van der Waals surface area contributed by atoms with Crippen molar-refractivity contribution in [3.05, 3.63) is 64.4 Å². The zero-order chi connectivity index (χ0) is 15.2. The smallest absolute Gasteiger partial charge is 0.133 e. The maximum atomic E-state index is 13.5. The third-order valence-corrected chi connectivity index (χ3v) is 4.93. The van der Waals surface area contributed by atoms with Crippen LogP contribution in [-0.4, -0.2) is 11.4 Å². The van der Waals surface area contributed by atoms with Gasteiger partial charge in [-0.3, -0.25) is 0 Å². The Kier molecular flexibility index (Phi) is 3.81. The number of ether oxygens (including phenoxy) is 1. The summed E-state index contributed by atoms with van der Waals surface area (Å²) in [5.74, 6) is 0.105. The molecule has 2 aromatic carbocycles. The molecule has 1 nitrogen and oxygen atoms in total. The van der Waals surface area contributed by atoms with Gasteiger partial charge in [-0.2, -0.15) is 0 Å². The van der Waals surface area contributed by atoms with Crippen LogP contribution in [0, 0.1) is 5.82 Å². The van der Waals surface area contributed by atoms with Crippen LogP contribution >= 0.6 is 34.8 Å². The Morgan fingerprint density at radius 2 is 1.62 bits per heavy atom. The van der Waals surface area contributed by atoms with Gasteiger partial charge >= 0.3 is 0 Å². The van der Waals surface area contributed by atoms with Crippen molar-refractivity contribution in [1.29, 1.82) is 0 Å². The van der Waals surface area contributed by atoms with Gasteiger partial charge in [-0.25, -0.2) is 4.39 Å². The molecule has 110 valence electrons. The van der Waals surface area contributed by atoms with Crippen molar-refractivity contribution in [3.8, 4) is 5.75 Å². The highest BCUT2D eigenvalue weighted by Gasteiger charge is 2.64. The van der Waals surface area contributed by atoms with Gasteiger partial charge in [0.05, 0.1) is 7.11 Å². The van der Waals surface area contributed by atoms with E-state index >= 15 is 0 Å².